The van der Waals surface area contributed by atoms with Crippen LogP contribution in [0.25, 0.3) is 0 Å². The van der Waals surface area contributed by atoms with Crippen molar-refractivity contribution in [3.05, 3.63) is 0 Å². The highest BCUT2D eigenvalue weighted by molar-refractivity contribution is 7.81. The van der Waals surface area contributed by atoms with Crippen LogP contribution < -0.4 is 0 Å². The lowest BCUT2D eigenvalue weighted by Gasteiger charge is -2.39. The molecule has 0 radical (unpaired) electrons. The SMILES string of the molecule is COC(=O)[C@H]1C(S)CC2CCC1N2C. The highest BCUT2D eigenvalue weighted by Gasteiger charge is 2.47. The van der Waals surface area contributed by atoms with E-state index in [9.17, 15) is 4.79 Å². The van der Waals surface area contributed by atoms with Gasteiger partial charge in [0, 0.05) is 17.3 Å². The van der Waals surface area contributed by atoms with Crippen molar-refractivity contribution in [2.24, 2.45) is 5.92 Å². The third-order valence-corrected chi connectivity index (χ3v) is 4.24. The van der Waals surface area contributed by atoms with Gasteiger partial charge in [0.25, 0.3) is 0 Å². The molecule has 2 heterocycles. The molecule has 0 saturated carbocycles. The first-order valence-electron chi connectivity index (χ1n) is 5.13. The van der Waals surface area contributed by atoms with Gasteiger partial charge in [0.1, 0.15) is 0 Å². The highest BCUT2D eigenvalue weighted by Crippen LogP contribution is 2.40. The second-order valence-corrected chi connectivity index (χ2v) is 4.98. The number of methoxy groups -OCH3 is 1. The Balaban J connectivity index is 2.18. The van der Waals surface area contributed by atoms with Crippen LogP contribution in [0.4, 0.5) is 0 Å². The zero-order valence-electron chi connectivity index (χ0n) is 8.64. The lowest BCUT2D eigenvalue weighted by molar-refractivity contribution is -0.148. The summed E-state index contributed by atoms with van der Waals surface area (Å²) in [7, 11) is 3.57. The van der Waals surface area contributed by atoms with E-state index in [1.807, 2.05) is 0 Å². The molecule has 4 heteroatoms. The summed E-state index contributed by atoms with van der Waals surface area (Å²) in [5.41, 5.74) is 0. The minimum Gasteiger partial charge on any atom is -0.469 e. The van der Waals surface area contributed by atoms with E-state index in [1.165, 1.54) is 13.5 Å². The van der Waals surface area contributed by atoms with Gasteiger partial charge in [0.05, 0.1) is 13.0 Å². The number of nitrogens with zero attached hydrogens (tertiary/aromatic N) is 1. The maximum Gasteiger partial charge on any atom is 0.311 e. The Morgan fingerprint density at radius 2 is 2.21 bits per heavy atom. The van der Waals surface area contributed by atoms with Crippen molar-refractivity contribution in [2.75, 3.05) is 14.2 Å². The van der Waals surface area contributed by atoms with Crippen molar-refractivity contribution in [1.29, 1.82) is 0 Å². The Morgan fingerprint density at radius 1 is 1.50 bits per heavy atom. The largest absolute Gasteiger partial charge is 0.469 e. The minimum absolute atomic E-state index is 0.0351. The van der Waals surface area contributed by atoms with Gasteiger partial charge in [-0.15, -0.1) is 0 Å². The number of esters is 1. The van der Waals surface area contributed by atoms with Crippen molar-refractivity contribution in [3.63, 3.8) is 0 Å². The Bertz CT molecular complexity index is 246. The Kier molecular flexibility index (Phi) is 2.75. The molecule has 14 heavy (non-hydrogen) atoms. The van der Waals surface area contributed by atoms with E-state index in [1.54, 1.807) is 0 Å². The molecule has 2 bridgehead atoms. The van der Waals surface area contributed by atoms with Gasteiger partial charge in [-0.2, -0.15) is 12.6 Å². The van der Waals surface area contributed by atoms with Crippen LogP contribution >= 0.6 is 12.6 Å². The van der Waals surface area contributed by atoms with Gasteiger partial charge in [0.2, 0.25) is 0 Å². The predicted octanol–water partition coefficient (Wildman–Crippen LogP) is 0.940. The first-order chi connectivity index (χ1) is 6.65. The molecule has 4 atom stereocenters. The smallest absolute Gasteiger partial charge is 0.311 e. The number of rotatable bonds is 1. The summed E-state index contributed by atoms with van der Waals surface area (Å²) >= 11 is 4.52. The molecule has 0 aromatic carbocycles. The van der Waals surface area contributed by atoms with Gasteiger partial charge in [-0.05, 0) is 26.3 Å². The molecule has 2 rings (SSSR count). The maximum atomic E-state index is 11.6. The molecule has 0 aromatic heterocycles. The summed E-state index contributed by atoms with van der Waals surface area (Å²) in [6, 6.07) is 0.979. The maximum absolute atomic E-state index is 11.6. The van der Waals surface area contributed by atoms with Gasteiger partial charge >= 0.3 is 5.97 Å². The third-order valence-electron chi connectivity index (χ3n) is 3.71. The number of hydrogen-bond acceptors (Lipinski definition) is 4. The van der Waals surface area contributed by atoms with E-state index >= 15 is 0 Å². The zero-order valence-corrected chi connectivity index (χ0v) is 9.54. The minimum atomic E-state index is -0.0952. The van der Waals surface area contributed by atoms with Crippen LogP contribution in [0.2, 0.25) is 0 Å². The molecule has 0 aromatic rings. The van der Waals surface area contributed by atoms with Crippen LogP contribution in [0.1, 0.15) is 19.3 Å². The Morgan fingerprint density at radius 3 is 2.86 bits per heavy atom. The van der Waals surface area contributed by atoms with E-state index in [-0.39, 0.29) is 17.1 Å². The lowest BCUT2D eigenvalue weighted by Crippen LogP contribution is -2.50. The molecule has 80 valence electrons. The molecule has 2 aliphatic heterocycles. The number of thiol groups is 1. The zero-order chi connectivity index (χ0) is 10.3. The van der Waals surface area contributed by atoms with E-state index in [0.717, 1.165) is 12.8 Å². The molecule has 2 aliphatic rings. The number of carbonyl (C=O) groups is 1. The molecule has 3 unspecified atom stereocenters. The Labute approximate surface area is 90.2 Å². The van der Waals surface area contributed by atoms with Crippen LogP contribution in [-0.2, 0) is 9.53 Å². The number of carbonyl (C=O) groups excluding carboxylic acids is 1. The molecule has 0 spiro atoms. The van der Waals surface area contributed by atoms with Gasteiger partial charge < -0.3 is 4.74 Å². The summed E-state index contributed by atoms with van der Waals surface area (Å²) < 4.78 is 4.84. The van der Waals surface area contributed by atoms with Crippen LogP contribution in [0, 0.1) is 5.92 Å². The molecule has 0 amide bonds. The fourth-order valence-corrected chi connectivity index (χ4v) is 3.45. The normalized spacial score (nSPS) is 42.5. The molecule has 0 N–H and O–H groups in total. The molecular formula is C10H17NO2S. The van der Waals surface area contributed by atoms with Crippen molar-refractivity contribution in [2.45, 2.75) is 36.6 Å². The fourth-order valence-electron chi connectivity index (χ4n) is 2.89. The van der Waals surface area contributed by atoms with Crippen molar-refractivity contribution < 1.29 is 9.53 Å². The van der Waals surface area contributed by atoms with Gasteiger partial charge in [-0.25, -0.2) is 0 Å². The van der Waals surface area contributed by atoms with E-state index in [4.69, 9.17) is 4.74 Å². The van der Waals surface area contributed by atoms with Gasteiger partial charge in [0.15, 0.2) is 0 Å². The molecule has 3 nitrogen and oxygen atoms in total. The average molecular weight is 215 g/mol. The summed E-state index contributed by atoms with van der Waals surface area (Å²) in [6.07, 6.45) is 3.32. The van der Waals surface area contributed by atoms with Crippen molar-refractivity contribution in [1.82, 2.24) is 4.90 Å². The summed E-state index contributed by atoms with van der Waals surface area (Å²) in [5.74, 6) is -0.130. The summed E-state index contributed by atoms with van der Waals surface area (Å²) in [6.45, 7) is 0. The number of hydrogen-bond donors (Lipinski definition) is 1. The quantitative estimate of drug-likeness (QED) is 0.521. The third kappa shape index (κ3) is 1.44. The van der Waals surface area contributed by atoms with E-state index in [0.29, 0.717) is 12.1 Å². The molecule has 2 fully saturated rings. The molecular weight excluding hydrogens is 198 g/mol. The van der Waals surface area contributed by atoms with Crippen LogP contribution in [-0.4, -0.2) is 42.4 Å². The first kappa shape index (κ1) is 10.3. The average Bonchev–Trinajstić information content (AvgIpc) is 2.42. The van der Waals surface area contributed by atoms with Crippen LogP contribution in [0.15, 0.2) is 0 Å². The van der Waals surface area contributed by atoms with E-state index < -0.39 is 0 Å². The van der Waals surface area contributed by atoms with Crippen molar-refractivity contribution >= 4 is 18.6 Å². The van der Waals surface area contributed by atoms with Crippen molar-refractivity contribution in [3.8, 4) is 0 Å². The molecule has 0 aliphatic carbocycles. The van der Waals surface area contributed by atoms with Crippen LogP contribution in [0.3, 0.4) is 0 Å². The van der Waals surface area contributed by atoms with E-state index in [2.05, 4.69) is 24.6 Å². The summed E-state index contributed by atoms with van der Waals surface area (Å²) in [5, 5.41) is 0.177. The number of fused-ring (bicyclic) bond motifs is 2. The first-order valence-corrected chi connectivity index (χ1v) is 5.64. The lowest BCUT2D eigenvalue weighted by atomic mass is 9.90. The Hall–Kier alpha value is -0.220. The predicted molar refractivity (Wildman–Crippen MR) is 57.5 cm³/mol. The second-order valence-electron chi connectivity index (χ2n) is 4.32. The van der Waals surface area contributed by atoms with Crippen LogP contribution in [0.5, 0.6) is 0 Å². The number of piperidine rings is 1. The van der Waals surface area contributed by atoms with Gasteiger partial charge in [-0.3, -0.25) is 9.69 Å². The second kappa shape index (κ2) is 3.74. The topological polar surface area (TPSA) is 29.5 Å². The monoisotopic (exact) mass is 215 g/mol. The fraction of sp³-hybridized carbons (Fsp3) is 0.900. The standard InChI is InChI=1S/C10H17NO2S/c1-11-6-3-4-7(11)9(8(14)5-6)10(12)13-2/h6-9,14H,3-5H2,1-2H3/t6?,7?,8?,9-/m1/s1. The number of ether oxygens (including phenoxy) is 1. The highest BCUT2D eigenvalue weighted by atomic mass is 32.1. The molecule has 2 saturated heterocycles. The summed E-state index contributed by atoms with van der Waals surface area (Å²) in [4.78, 5) is 13.9. The van der Waals surface area contributed by atoms with Gasteiger partial charge in [-0.1, -0.05) is 0 Å².